The minimum absolute atomic E-state index is 0.121. The topological polar surface area (TPSA) is 101 Å². The van der Waals surface area contributed by atoms with Gasteiger partial charge in [-0.25, -0.2) is 18.1 Å². The number of aryl methyl sites for hydroxylation is 1. The van der Waals surface area contributed by atoms with Gasteiger partial charge in [0.15, 0.2) is 5.03 Å². The number of hydrogen-bond donors (Lipinski definition) is 2. The fraction of sp³-hybridized carbons (Fsp3) is 0.556. The van der Waals surface area contributed by atoms with Crippen LogP contribution >= 0.6 is 0 Å². The van der Waals surface area contributed by atoms with E-state index in [2.05, 4.69) is 9.71 Å². The molecule has 0 saturated carbocycles. The van der Waals surface area contributed by atoms with E-state index in [4.69, 9.17) is 5.11 Å². The van der Waals surface area contributed by atoms with Crippen LogP contribution in [0.5, 0.6) is 0 Å². The summed E-state index contributed by atoms with van der Waals surface area (Å²) in [5.41, 5.74) is 0. The molecule has 7 nitrogen and oxygen atoms in total. The van der Waals surface area contributed by atoms with Crippen molar-refractivity contribution in [2.75, 3.05) is 0 Å². The van der Waals surface area contributed by atoms with Gasteiger partial charge in [0, 0.05) is 19.3 Å². The molecule has 2 unspecified atom stereocenters. The van der Waals surface area contributed by atoms with Gasteiger partial charge in [-0.15, -0.1) is 0 Å². The predicted molar refractivity (Wildman–Crippen MR) is 59.8 cm³/mol. The second kappa shape index (κ2) is 4.84. The number of nitrogens with zero attached hydrogens (tertiary/aromatic N) is 2. The summed E-state index contributed by atoms with van der Waals surface area (Å²) in [5, 5.41) is 8.65. The molecule has 0 bridgehead atoms. The number of carboxylic acids is 1. The van der Waals surface area contributed by atoms with Crippen LogP contribution in [0.15, 0.2) is 17.6 Å². The molecule has 0 aliphatic rings. The van der Waals surface area contributed by atoms with Crippen LogP contribution in [0.1, 0.15) is 13.8 Å². The average molecular weight is 261 g/mol. The van der Waals surface area contributed by atoms with Crippen molar-refractivity contribution >= 4 is 16.0 Å². The Labute approximate surface area is 99.5 Å². The van der Waals surface area contributed by atoms with Crippen molar-refractivity contribution in [2.24, 2.45) is 13.0 Å². The van der Waals surface area contributed by atoms with Crippen LogP contribution in [0, 0.1) is 5.92 Å². The van der Waals surface area contributed by atoms with E-state index in [1.807, 2.05) is 0 Å². The normalized spacial score (nSPS) is 15.5. The van der Waals surface area contributed by atoms with Gasteiger partial charge in [0.2, 0.25) is 0 Å². The Kier molecular flexibility index (Phi) is 3.89. The van der Waals surface area contributed by atoms with Gasteiger partial charge in [-0.1, -0.05) is 6.92 Å². The number of rotatable bonds is 5. The Hall–Kier alpha value is -1.41. The summed E-state index contributed by atoms with van der Waals surface area (Å²) in [6.07, 6.45) is 2.71. The Balaban J connectivity index is 2.84. The molecule has 0 fully saturated rings. The molecular formula is C9H15N3O4S. The fourth-order valence-corrected chi connectivity index (χ4v) is 2.45. The molecule has 0 saturated heterocycles. The summed E-state index contributed by atoms with van der Waals surface area (Å²) in [6, 6.07) is -0.709. The number of aliphatic carboxylic acids is 1. The third kappa shape index (κ3) is 3.27. The highest BCUT2D eigenvalue weighted by Crippen LogP contribution is 2.09. The Bertz CT molecular complexity index is 508. The van der Waals surface area contributed by atoms with Crippen LogP contribution in [0.25, 0.3) is 0 Å². The van der Waals surface area contributed by atoms with Gasteiger partial charge in [-0.2, -0.15) is 0 Å². The van der Waals surface area contributed by atoms with E-state index in [1.165, 1.54) is 30.9 Å². The minimum atomic E-state index is -3.76. The molecule has 2 N–H and O–H groups in total. The monoisotopic (exact) mass is 261 g/mol. The number of hydrogen-bond acceptors (Lipinski definition) is 4. The van der Waals surface area contributed by atoms with Crippen molar-refractivity contribution in [3.63, 3.8) is 0 Å². The summed E-state index contributed by atoms with van der Waals surface area (Å²) in [4.78, 5) is 14.4. The Morgan fingerprint density at radius 2 is 2.12 bits per heavy atom. The number of carboxylic acid groups (broad SMARTS) is 1. The van der Waals surface area contributed by atoms with E-state index in [9.17, 15) is 13.2 Å². The third-order valence-corrected chi connectivity index (χ3v) is 3.88. The van der Waals surface area contributed by atoms with Gasteiger partial charge in [-0.05, 0) is 6.92 Å². The largest absolute Gasteiger partial charge is 0.481 e. The highest BCUT2D eigenvalue weighted by molar-refractivity contribution is 7.89. The summed E-state index contributed by atoms with van der Waals surface area (Å²) >= 11 is 0. The molecule has 0 radical (unpaired) electrons. The number of imidazole rings is 1. The molecule has 2 atom stereocenters. The highest BCUT2D eigenvalue weighted by Gasteiger charge is 2.26. The summed E-state index contributed by atoms with van der Waals surface area (Å²) in [6.45, 7) is 2.94. The quantitative estimate of drug-likeness (QED) is 0.764. The van der Waals surface area contributed by atoms with Crippen LogP contribution in [0.3, 0.4) is 0 Å². The van der Waals surface area contributed by atoms with Gasteiger partial charge < -0.3 is 9.67 Å². The zero-order chi connectivity index (χ0) is 13.2. The molecule has 96 valence electrons. The standard InChI is InChI=1S/C9H15N3O4S/c1-6(9(13)14)7(2)11-17(15,16)8-4-12(3)5-10-8/h4-7,11H,1-3H3,(H,13,14). The lowest BCUT2D eigenvalue weighted by Gasteiger charge is -2.16. The predicted octanol–water partition coefficient (Wildman–Crippen LogP) is -0.192. The van der Waals surface area contributed by atoms with Crippen molar-refractivity contribution in [1.29, 1.82) is 0 Å². The molecule has 1 aromatic rings. The van der Waals surface area contributed by atoms with Crippen molar-refractivity contribution in [1.82, 2.24) is 14.3 Å². The first-order valence-corrected chi connectivity index (χ1v) is 6.45. The van der Waals surface area contributed by atoms with E-state index in [1.54, 1.807) is 7.05 Å². The van der Waals surface area contributed by atoms with Crippen LogP contribution in [-0.2, 0) is 21.9 Å². The van der Waals surface area contributed by atoms with Gasteiger partial charge >= 0.3 is 5.97 Å². The van der Waals surface area contributed by atoms with Crippen LogP contribution in [-0.4, -0.2) is 35.1 Å². The lowest BCUT2D eigenvalue weighted by Crippen LogP contribution is -2.40. The molecular weight excluding hydrogens is 246 g/mol. The van der Waals surface area contributed by atoms with Crippen molar-refractivity contribution < 1.29 is 18.3 Å². The zero-order valence-electron chi connectivity index (χ0n) is 9.78. The molecule has 1 aromatic heterocycles. The summed E-state index contributed by atoms with van der Waals surface area (Å²) in [5.74, 6) is -1.87. The van der Waals surface area contributed by atoms with Gasteiger partial charge in [0.1, 0.15) is 0 Å². The first kappa shape index (κ1) is 13.7. The molecule has 0 spiro atoms. The van der Waals surface area contributed by atoms with Crippen molar-refractivity contribution in [3.8, 4) is 0 Å². The van der Waals surface area contributed by atoms with Gasteiger partial charge in [-0.3, -0.25) is 4.79 Å². The maximum absolute atomic E-state index is 11.8. The second-order valence-electron chi connectivity index (χ2n) is 3.91. The smallest absolute Gasteiger partial charge is 0.307 e. The molecule has 1 heterocycles. The first-order chi connectivity index (χ1) is 7.74. The summed E-state index contributed by atoms with van der Waals surface area (Å²) in [7, 11) is -2.11. The molecule has 1 rings (SSSR count). The number of nitrogens with one attached hydrogen (secondary N) is 1. The maximum Gasteiger partial charge on any atom is 0.307 e. The highest BCUT2D eigenvalue weighted by atomic mass is 32.2. The SMILES string of the molecule is CC(NS(=O)(=O)c1cn(C)cn1)C(C)C(=O)O. The fourth-order valence-electron chi connectivity index (χ4n) is 1.15. The summed E-state index contributed by atoms with van der Waals surface area (Å²) < 4.78 is 27.4. The van der Waals surface area contributed by atoms with Crippen molar-refractivity contribution in [2.45, 2.75) is 24.9 Å². The van der Waals surface area contributed by atoms with E-state index >= 15 is 0 Å². The lowest BCUT2D eigenvalue weighted by molar-refractivity contribution is -0.141. The van der Waals surface area contributed by atoms with E-state index < -0.39 is 28.0 Å². The Morgan fingerprint density at radius 3 is 2.53 bits per heavy atom. The molecule has 8 heteroatoms. The second-order valence-corrected chi connectivity index (χ2v) is 5.58. The average Bonchev–Trinajstić information content (AvgIpc) is 2.63. The van der Waals surface area contributed by atoms with Crippen molar-refractivity contribution in [3.05, 3.63) is 12.5 Å². The number of sulfonamides is 1. The van der Waals surface area contributed by atoms with Crippen LogP contribution in [0.2, 0.25) is 0 Å². The van der Waals surface area contributed by atoms with Crippen LogP contribution in [0.4, 0.5) is 0 Å². The maximum atomic E-state index is 11.8. The lowest BCUT2D eigenvalue weighted by atomic mass is 10.1. The molecule has 0 aliphatic carbocycles. The van der Waals surface area contributed by atoms with E-state index in [0.717, 1.165) is 0 Å². The minimum Gasteiger partial charge on any atom is -0.481 e. The van der Waals surface area contributed by atoms with Gasteiger partial charge in [0.25, 0.3) is 10.0 Å². The van der Waals surface area contributed by atoms with E-state index in [-0.39, 0.29) is 5.03 Å². The number of aromatic nitrogens is 2. The molecule has 0 aliphatic heterocycles. The van der Waals surface area contributed by atoms with Crippen LogP contribution < -0.4 is 4.72 Å². The van der Waals surface area contributed by atoms with Gasteiger partial charge in [0.05, 0.1) is 12.2 Å². The molecule has 0 amide bonds. The number of carbonyl (C=O) groups is 1. The third-order valence-electron chi connectivity index (χ3n) is 2.44. The molecule has 17 heavy (non-hydrogen) atoms. The molecule has 0 aromatic carbocycles. The first-order valence-electron chi connectivity index (χ1n) is 4.97. The van der Waals surface area contributed by atoms with E-state index in [0.29, 0.717) is 0 Å². The Morgan fingerprint density at radius 1 is 1.53 bits per heavy atom. The zero-order valence-corrected chi connectivity index (χ0v) is 10.6.